The Morgan fingerprint density at radius 1 is 1.18 bits per heavy atom. The zero-order chi connectivity index (χ0) is 16.9. The zero-order valence-corrected chi connectivity index (χ0v) is 12.8. The molecule has 8 nitrogen and oxygen atoms in total. The van der Waals surface area contributed by atoms with E-state index in [4.69, 9.17) is 4.74 Å². The highest BCUT2D eigenvalue weighted by Crippen LogP contribution is 2.23. The third-order valence-corrected chi connectivity index (χ3v) is 3.50. The molecule has 8 heteroatoms. The Morgan fingerprint density at radius 3 is 2.32 bits per heavy atom. The van der Waals surface area contributed by atoms with Gasteiger partial charge in [0.25, 0.3) is 0 Å². The van der Waals surface area contributed by atoms with Crippen LogP contribution >= 0.6 is 0 Å². The summed E-state index contributed by atoms with van der Waals surface area (Å²) in [6.45, 7) is 6.17. The van der Waals surface area contributed by atoms with Crippen molar-refractivity contribution in [2.45, 2.75) is 50.7 Å². The standard InChI is InChI=1S/C14H24N2O6/c1-7(2)14(21)15-5-4-9-11(16-8(3)18)13(20)12(19)10(6-17)22-9/h9-13,17,19-20H,1,4-6H2,2-3H3,(H,15,21)(H,16,18). The molecule has 1 aliphatic rings. The SMILES string of the molecule is C=C(C)C(=O)NCCC1OC(CO)C(O)C(O)C1NC(C)=O. The molecule has 126 valence electrons. The first-order valence-electron chi connectivity index (χ1n) is 7.11. The van der Waals surface area contributed by atoms with Crippen LogP contribution in [0.2, 0.25) is 0 Å². The maximum absolute atomic E-state index is 11.4. The first kappa shape index (κ1) is 18.6. The van der Waals surface area contributed by atoms with Crippen molar-refractivity contribution < 1.29 is 29.6 Å². The lowest BCUT2D eigenvalue weighted by molar-refractivity contribution is -0.196. The molecule has 1 rings (SSSR count). The number of hydrogen-bond donors (Lipinski definition) is 5. The summed E-state index contributed by atoms with van der Waals surface area (Å²) in [5.41, 5.74) is 0.367. The lowest BCUT2D eigenvalue weighted by Gasteiger charge is -2.42. The van der Waals surface area contributed by atoms with Crippen LogP contribution in [0.1, 0.15) is 20.3 Å². The van der Waals surface area contributed by atoms with Crippen molar-refractivity contribution in [3.05, 3.63) is 12.2 Å². The van der Waals surface area contributed by atoms with Crippen LogP contribution in [0.15, 0.2) is 12.2 Å². The fraction of sp³-hybridized carbons (Fsp3) is 0.714. The summed E-state index contributed by atoms with van der Waals surface area (Å²) in [5.74, 6) is -0.676. The summed E-state index contributed by atoms with van der Waals surface area (Å²) in [7, 11) is 0. The molecule has 0 spiro atoms. The number of carbonyl (C=O) groups is 2. The van der Waals surface area contributed by atoms with E-state index in [0.29, 0.717) is 12.0 Å². The van der Waals surface area contributed by atoms with Crippen LogP contribution in [-0.2, 0) is 14.3 Å². The van der Waals surface area contributed by atoms with Gasteiger partial charge in [-0.1, -0.05) is 6.58 Å². The Morgan fingerprint density at radius 2 is 1.82 bits per heavy atom. The second kappa shape index (κ2) is 8.23. The molecule has 1 aliphatic heterocycles. The zero-order valence-electron chi connectivity index (χ0n) is 12.8. The molecule has 0 aromatic carbocycles. The van der Waals surface area contributed by atoms with Crippen molar-refractivity contribution in [1.29, 1.82) is 0 Å². The predicted molar refractivity (Wildman–Crippen MR) is 77.8 cm³/mol. The molecule has 5 N–H and O–H groups in total. The number of aliphatic hydroxyl groups is 3. The quantitative estimate of drug-likeness (QED) is 0.363. The number of aliphatic hydroxyl groups excluding tert-OH is 3. The fourth-order valence-electron chi connectivity index (χ4n) is 2.33. The van der Waals surface area contributed by atoms with Crippen molar-refractivity contribution in [1.82, 2.24) is 10.6 Å². The molecule has 1 heterocycles. The van der Waals surface area contributed by atoms with E-state index in [1.165, 1.54) is 6.92 Å². The molecule has 1 fully saturated rings. The minimum Gasteiger partial charge on any atom is -0.394 e. The summed E-state index contributed by atoms with van der Waals surface area (Å²) in [6.07, 6.45) is -3.86. The molecular weight excluding hydrogens is 292 g/mol. The number of nitrogens with one attached hydrogen (secondary N) is 2. The number of amides is 2. The van der Waals surface area contributed by atoms with E-state index in [2.05, 4.69) is 17.2 Å². The van der Waals surface area contributed by atoms with E-state index in [1.54, 1.807) is 6.92 Å². The van der Waals surface area contributed by atoms with Crippen LogP contribution < -0.4 is 10.6 Å². The molecule has 0 aromatic heterocycles. The van der Waals surface area contributed by atoms with E-state index in [-0.39, 0.29) is 18.4 Å². The second-order valence-corrected chi connectivity index (χ2v) is 5.43. The van der Waals surface area contributed by atoms with Crippen LogP contribution in [0.4, 0.5) is 0 Å². The number of hydrogen-bond acceptors (Lipinski definition) is 6. The smallest absolute Gasteiger partial charge is 0.246 e. The molecule has 1 saturated heterocycles. The predicted octanol–water partition coefficient (Wildman–Crippen LogP) is -1.94. The Labute approximate surface area is 129 Å². The van der Waals surface area contributed by atoms with Crippen LogP contribution in [0.5, 0.6) is 0 Å². The van der Waals surface area contributed by atoms with Gasteiger partial charge in [0.1, 0.15) is 18.3 Å². The molecule has 0 aromatic rings. The first-order chi connectivity index (χ1) is 10.3. The van der Waals surface area contributed by atoms with E-state index in [0.717, 1.165) is 0 Å². The third-order valence-electron chi connectivity index (χ3n) is 3.50. The van der Waals surface area contributed by atoms with Crippen molar-refractivity contribution in [3.8, 4) is 0 Å². The van der Waals surface area contributed by atoms with Crippen molar-refractivity contribution in [2.75, 3.05) is 13.2 Å². The van der Waals surface area contributed by atoms with E-state index in [9.17, 15) is 24.9 Å². The third kappa shape index (κ3) is 4.77. The molecule has 0 saturated carbocycles. The van der Waals surface area contributed by atoms with Gasteiger partial charge in [0.05, 0.1) is 18.8 Å². The monoisotopic (exact) mass is 316 g/mol. The van der Waals surface area contributed by atoms with Gasteiger partial charge in [-0.05, 0) is 13.3 Å². The van der Waals surface area contributed by atoms with Crippen molar-refractivity contribution in [2.24, 2.45) is 0 Å². The molecule has 5 unspecified atom stereocenters. The topological polar surface area (TPSA) is 128 Å². The summed E-state index contributed by atoms with van der Waals surface area (Å²) in [6, 6.07) is -0.822. The van der Waals surface area contributed by atoms with Gasteiger partial charge in [-0.2, -0.15) is 0 Å². The van der Waals surface area contributed by atoms with Gasteiger partial charge in [-0.3, -0.25) is 9.59 Å². The second-order valence-electron chi connectivity index (χ2n) is 5.43. The Kier molecular flexibility index (Phi) is 6.95. The maximum Gasteiger partial charge on any atom is 0.246 e. The number of rotatable bonds is 6. The van der Waals surface area contributed by atoms with E-state index >= 15 is 0 Å². The highest BCUT2D eigenvalue weighted by molar-refractivity contribution is 5.92. The molecule has 5 atom stereocenters. The average Bonchev–Trinajstić information content (AvgIpc) is 2.45. The lowest BCUT2D eigenvalue weighted by atomic mass is 9.91. The van der Waals surface area contributed by atoms with Gasteiger partial charge < -0.3 is 30.7 Å². The molecule has 22 heavy (non-hydrogen) atoms. The van der Waals surface area contributed by atoms with Crippen molar-refractivity contribution in [3.63, 3.8) is 0 Å². The van der Waals surface area contributed by atoms with Crippen LogP contribution in [0.25, 0.3) is 0 Å². The van der Waals surface area contributed by atoms with Crippen LogP contribution in [-0.4, -0.2) is 70.7 Å². The number of ether oxygens (including phenoxy) is 1. The normalized spacial score (nSPS) is 31.4. The van der Waals surface area contributed by atoms with Gasteiger partial charge in [0.2, 0.25) is 11.8 Å². The molecule has 0 bridgehead atoms. The first-order valence-corrected chi connectivity index (χ1v) is 7.11. The summed E-state index contributed by atoms with van der Waals surface area (Å²) >= 11 is 0. The van der Waals surface area contributed by atoms with Crippen LogP contribution in [0.3, 0.4) is 0 Å². The maximum atomic E-state index is 11.4. The van der Waals surface area contributed by atoms with Gasteiger partial charge in [0.15, 0.2) is 0 Å². The molecule has 2 amide bonds. The Hall–Kier alpha value is -1.48. The van der Waals surface area contributed by atoms with Gasteiger partial charge in [-0.25, -0.2) is 0 Å². The van der Waals surface area contributed by atoms with Crippen molar-refractivity contribution >= 4 is 11.8 Å². The minimum absolute atomic E-state index is 0.243. The van der Waals surface area contributed by atoms with Gasteiger partial charge in [-0.15, -0.1) is 0 Å². The Balaban J connectivity index is 2.70. The van der Waals surface area contributed by atoms with E-state index < -0.39 is 37.1 Å². The largest absolute Gasteiger partial charge is 0.394 e. The average molecular weight is 316 g/mol. The molecule has 0 aliphatic carbocycles. The molecule has 0 radical (unpaired) electrons. The van der Waals surface area contributed by atoms with Gasteiger partial charge in [0, 0.05) is 19.0 Å². The highest BCUT2D eigenvalue weighted by Gasteiger charge is 2.44. The van der Waals surface area contributed by atoms with Crippen LogP contribution in [0, 0.1) is 0 Å². The minimum atomic E-state index is -1.30. The Bertz CT molecular complexity index is 428. The highest BCUT2D eigenvalue weighted by atomic mass is 16.5. The fourth-order valence-corrected chi connectivity index (χ4v) is 2.33. The number of carbonyl (C=O) groups excluding carboxylic acids is 2. The molecular formula is C14H24N2O6. The summed E-state index contributed by atoms with van der Waals surface area (Å²) < 4.78 is 5.53. The van der Waals surface area contributed by atoms with E-state index in [1.807, 2.05) is 0 Å². The lowest BCUT2D eigenvalue weighted by Crippen LogP contribution is -2.64. The summed E-state index contributed by atoms with van der Waals surface area (Å²) in [5, 5.41) is 34.3. The summed E-state index contributed by atoms with van der Waals surface area (Å²) in [4.78, 5) is 22.7. The van der Waals surface area contributed by atoms with Gasteiger partial charge >= 0.3 is 0 Å².